The van der Waals surface area contributed by atoms with Crippen molar-refractivity contribution < 1.29 is 4.79 Å². The lowest BCUT2D eigenvalue weighted by molar-refractivity contribution is -0.129. The van der Waals surface area contributed by atoms with Crippen molar-refractivity contribution in [3.05, 3.63) is 35.4 Å². The SMILES string of the molecule is CCc1ccc(CCC(=O)N(C)CCC#N)cc1. The van der Waals surface area contributed by atoms with E-state index >= 15 is 0 Å². The molecule has 1 amide bonds. The molecule has 0 saturated heterocycles. The van der Waals surface area contributed by atoms with Crippen molar-refractivity contribution in [2.75, 3.05) is 13.6 Å². The zero-order valence-corrected chi connectivity index (χ0v) is 11.1. The van der Waals surface area contributed by atoms with Crippen LogP contribution in [0, 0.1) is 11.3 Å². The average Bonchev–Trinajstić information content (AvgIpc) is 2.42. The summed E-state index contributed by atoms with van der Waals surface area (Å²) < 4.78 is 0. The molecule has 1 aromatic carbocycles. The molecule has 96 valence electrons. The normalized spacial score (nSPS) is 9.83. The lowest BCUT2D eigenvalue weighted by Gasteiger charge is -2.15. The molecule has 0 fully saturated rings. The number of carbonyl (C=O) groups excluding carboxylic acids is 1. The van der Waals surface area contributed by atoms with Gasteiger partial charge in [0.2, 0.25) is 5.91 Å². The summed E-state index contributed by atoms with van der Waals surface area (Å²) in [6.07, 6.45) is 2.71. The molecule has 0 radical (unpaired) electrons. The highest BCUT2D eigenvalue weighted by molar-refractivity contribution is 5.76. The lowest BCUT2D eigenvalue weighted by Crippen LogP contribution is -2.27. The summed E-state index contributed by atoms with van der Waals surface area (Å²) in [5, 5.41) is 8.47. The van der Waals surface area contributed by atoms with Crippen LogP contribution in [0.2, 0.25) is 0 Å². The quantitative estimate of drug-likeness (QED) is 0.772. The summed E-state index contributed by atoms with van der Waals surface area (Å²) >= 11 is 0. The third-order valence-electron chi connectivity index (χ3n) is 3.04. The molecule has 1 aromatic rings. The third kappa shape index (κ3) is 4.58. The van der Waals surface area contributed by atoms with Gasteiger partial charge >= 0.3 is 0 Å². The summed E-state index contributed by atoms with van der Waals surface area (Å²) in [5.41, 5.74) is 2.51. The number of benzene rings is 1. The van der Waals surface area contributed by atoms with E-state index in [9.17, 15) is 4.79 Å². The highest BCUT2D eigenvalue weighted by Gasteiger charge is 2.08. The number of aryl methyl sites for hydroxylation is 2. The topological polar surface area (TPSA) is 44.1 Å². The van der Waals surface area contributed by atoms with E-state index in [1.807, 2.05) is 6.07 Å². The number of nitriles is 1. The molecule has 0 N–H and O–H groups in total. The first-order chi connectivity index (χ1) is 8.67. The molecule has 0 aliphatic rings. The molecule has 3 heteroatoms. The van der Waals surface area contributed by atoms with Gasteiger partial charge in [-0.05, 0) is 24.0 Å². The van der Waals surface area contributed by atoms with E-state index < -0.39 is 0 Å². The summed E-state index contributed by atoms with van der Waals surface area (Å²) in [7, 11) is 1.75. The fraction of sp³-hybridized carbons (Fsp3) is 0.467. The first-order valence-corrected chi connectivity index (χ1v) is 6.36. The van der Waals surface area contributed by atoms with Gasteiger partial charge in [0.05, 0.1) is 12.5 Å². The molecule has 0 atom stereocenters. The molecular formula is C15H20N2O. The maximum atomic E-state index is 11.8. The van der Waals surface area contributed by atoms with Gasteiger partial charge in [0.15, 0.2) is 0 Å². The minimum atomic E-state index is 0.102. The predicted molar refractivity (Wildman–Crippen MR) is 72.0 cm³/mol. The molecular weight excluding hydrogens is 224 g/mol. The molecule has 0 heterocycles. The average molecular weight is 244 g/mol. The minimum absolute atomic E-state index is 0.102. The second-order valence-electron chi connectivity index (χ2n) is 4.39. The molecule has 0 bridgehead atoms. The van der Waals surface area contributed by atoms with Crippen LogP contribution in [0.4, 0.5) is 0 Å². The Morgan fingerprint density at radius 1 is 1.28 bits per heavy atom. The number of carbonyl (C=O) groups is 1. The van der Waals surface area contributed by atoms with Crippen molar-refractivity contribution in [3.8, 4) is 6.07 Å². The minimum Gasteiger partial charge on any atom is -0.345 e. The summed E-state index contributed by atoms with van der Waals surface area (Å²) in [6, 6.07) is 10.4. The number of amides is 1. The largest absolute Gasteiger partial charge is 0.345 e. The van der Waals surface area contributed by atoms with Crippen molar-refractivity contribution in [1.82, 2.24) is 4.90 Å². The van der Waals surface area contributed by atoms with Gasteiger partial charge in [-0.25, -0.2) is 0 Å². The van der Waals surface area contributed by atoms with Crippen molar-refractivity contribution >= 4 is 5.91 Å². The van der Waals surface area contributed by atoms with Crippen molar-refractivity contribution in [1.29, 1.82) is 5.26 Å². The Morgan fingerprint density at radius 2 is 1.89 bits per heavy atom. The van der Waals surface area contributed by atoms with E-state index in [4.69, 9.17) is 5.26 Å². The van der Waals surface area contributed by atoms with Crippen LogP contribution in [0.1, 0.15) is 30.9 Å². The second-order valence-corrected chi connectivity index (χ2v) is 4.39. The first kappa shape index (κ1) is 14.2. The molecule has 0 aliphatic carbocycles. The summed E-state index contributed by atoms with van der Waals surface area (Å²) in [5.74, 6) is 0.102. The molecule has 0 aromatic heterocycles. The monoisotopic (exact) mass is 244 g/mol. The molecule has 1 rings (SSSR count). The maximum Gasteiger partial charge on any atom is 0.222 e. The maximum absolute atomic E-state index is 11.8. The zero-order valence-electron chi connectivity index (χ0n) is 11.1. The van der Waals surface area contributed by atoms with Crippen LogP contribution in [0.5, 0.6) is 0 Å². The highest BCUT2D eigenvalue weighted by Crippen LogP contribution is 2.08. The van der Waals surface area contributed by atoms with Crippen LogP contribution < -0.4 is 0 Å². The van der Waals surface area contributed by atoms with Crippen LogP contribution in [0.15, 0.2) is 24.3 Å². The zero-order chi connectivity index (χ0) is 13.4. The lowest BCUT2D eigenvalue weighted by atomic mass is 10.1. The van der Waals surface area contributed by atoms with E-state index in [1.165, 1.54) is 11.1 Å². The smallest absolute Gasteiger partial charge is 0.222 e. The molecule has 0 saturated carbocycles. The van der Waals surface area contributed by atoms with E-state index in [0.29, 0.717) is 19.4 Å². The van der Waals surface area contributed by atoms with Gasteiger partial charge in [0.1, 0.15) is 0 Å². The number of rotatable bonds is 6. The predicted octanol–water partition coefficient (Wildman–Crippen LogP) is 2.55. The number of nitrogens with zero attached hydrogens (tertiary/aromatic N) is 2. The van der Waals surface area contributed by atoms with Gasteiger partial charge in [-0.15, -0.1) is 0 Å². The van der Waals surface area contributed by atoms with Crippen LogP contribution in [0.25, 0.3) is 0 Å². The fourth-order valence-electron chi connectivity index (χ4n) is 1.73. The number of hydrogen-bond acceptors (Lipinski definition) is 2. The fourth-order valence-corrected chi connectivity index (χ4v) is 1.73. The molecule has 18 heavy (non-hydrogen) atoms. The van der Waals surface area contributed by atoms with Gasteiger partial charge in [0.25, 0.3) is 0 Å². The number of hydrogen-bond donors (Lipinski definition) is 0. The Bertz CT molecular complexity index is 417. The molecule has 0 spiro atoms. The van der Waals surface area contributed by atoms with Crippen LogP contribution in [-0.2, 0) is 17.6 Å². The molecule has 0 aliphatic heterocycles. The van der Waals surface area contributed by atoms with E-state index in [2.05, 4.69) is 31.2 Å². The molecule has 0 unspecified atom stereocenters. The van der Waals surface area contributed by atoms with Gasteiger partial charge in [0, 0.05) is 20.0 Å². The summed E-state index contributed by atoms with van der Waals surface area (Å²) in [4.78, 5) is 13.4. The van der Waals surface area contributed by atoms with E-state index in [-0.39, 0.29) is 5.91 Å². The Hall–Kier alpha value is -1.82. The molecule has 3 nitrogen and oxygen atoms in total. The Balaban J connectivity index is 2.39. The Morgan fingerprint density at radius 3 is 2.44 bits per heavy atom. The second kappa shape index (κ2) is 7.50. The van der Waals surface area contributed by atoms with Gasteiger partial charge in [-0.2, -0.15) is 5.26 Å². The van der Waals surface area contributed by atoms with E-state index in [0.717, 1.165) is 12.8 Å². The van der Waals surface area contributed by atoms with E-state index in [1.54, 1.807) is 11.9 Å². The van der Waals surface area contributed by atoms with Crippen molar-refractivity contribution in [3.63, 3.8) is 0 Å². The standard InChI is InChI=1S/C15H20N2O/c1-3-13-5-7-14(8-6-13)9-10-15(18)17(2)12-4-11-16/h5-8H,3-4,9-10,12H2,1-2H3. The Kier molecular flexibility index (Phi) is 5.93. The van der Waals surface area contributed by atoms with Crippen LogP contribution >= 0.6 is 0 Å². The Labute approximate surface area is 109 Å². The van der Waals surface area contributed by atoms with Crippen molar-refractivity contribution in [2.24, 2.45) is 0 Å². The van der Waals surface area contributed by atoms with Crippen LogP contribution in [-0.4, -0.2) is 24.4 Å². The third-order valence-corrected chi connectivity index (χ3v) is 3.04. The van der Waals surface area contributed by atoms with Crippen molar-refractivity contribution in [2.45, 2.75) is 32.6 Å². The van der Waals surface area contributed by atoms with Gasteiger partial charge in [-0.1, -0.05) is 31.2 Å². The summed E-state index contributed by atoms with van der Waals surface area (Å²) in [6.45, 7) is 2.65. The highest BCUT2D eigenvalue weighted by atomic mass is 16.2. The van der Waals surface area contributed by atoms with Gasteiger partial charge in [-0.3, -0.25) is 4.79 Å². The van der Waals surface area contributed by atoms with Gasteiger partial charge < -0.3 is 4.90 Å². The first-order valence-electron chi connectivity index (χ1n) is 6.36. The van der Waals surface area contributed by atoms with Crippen LogP contribution in [0.3, 0.4) is 0 Å².